The topological polar surface area (TPSA) is 112 Å². The molecule has 1 unspecified atom stereocenters. The number of amides is 1. The van der Waals surface area contributed by atoms with Gasteiger partial charge < -0.3 is 20.0 Å². The highest BCUT2D eigenvalue weighted by Crippen LogP contribution is 2.36. The molecule has 0 fully saturated rings. The number of anilines is 1. The van der Waals surface area contributed by atoms with Gasteiger partial charge in [0.1, 0.15) is 11.6 Å². The second-order valence-electron chi connectivity index (χ2n) is 7.36. The van der Waals surface area contributed by atoms with E-state index in [1.54, 1.807) is 31.1 Å². The first-order chi connectivity index (χ1) is 15.4. The summed E-state index contributed by atoms with van der Waals surface area (Å²) in [5.41, 5.74) is 5.49. The molecule has 4 N–H and O–H groups in total. The molecule has 0 saturated carbocycles. The summed E-state index contributed by atoms with van der Waals surface area (Å²) >= 11 is 0. The normalized spacial score (nSPS) is 17.4. The van der Waals surface area contributed by atoms with Crippen LogP contribution < -0.4 is 10.7 Å². The predicted octanol–water partition coefficient (Wildman–Crippen LogP) is 2.85. The van der Waals surface area contributed by atoms with Gasteiger partial charge in [-0.05, 0) is 54.8 Å². The molecule has 2 heterocycles. The first-order valence-corrected chi connectivity index (χ1v) is 10.7. The van der Waals surface area contributed by atoms with Gasteiger partial charge in [0, 0.05) is 13.2 Å². The minimum atomic E-state index is -4.68. The summed E-state index contributed by atoms with van der Waals surface area (Å²) < 4.78 is 57.8. The number of halogens is 4. The average Bonchev–Trinajstić information content (AvgIpc) is 2.96. The van der Waals surface area contributed by atoms with Crippen molar-refractivity contribution in [3.8, 4) is 0 Å². The molecule has 13 heteroatoms. The van der Waals surface area contributed by atoms with Gasteiger partial charge in [-0.15, -0.1) is 0 Å². The Morgan fingerprint density at radius 3 is 2.55 bits per heavy atom. The molecule has 1 amide bonds. The number of nitrogens with two attached hydrogens (primary N) is 1. The number of carbonyl (C=O) groups is 1. The molecule has 1 atom stereocenters. The standard InChI is InChI=1S/C20H21F4N4O4P/c1-11-18(19(25)29)16(10-32-33(30)31)28(27(11)2)17-8-12(3-4-26-17)5-13-6-14(20(22,23)24)9-15(21)7-13/h3-4,6-9,11,30-31H,5,10H2,1-2H3,(H2,25,29). The predicted molar refractivity (Wildman–Crippen MR) is 112 cm³/mol. The fourth-order valence-corrected chi connectivity index (χ4v) is 3.89. The lowest BCUT2D eigenvalue weighted by Crippen LogP contribution is -2.40. The summed E-state index contributed by atoms with van der Waals surface area (Å²) in [5.74, 6) is -1.45. The van der Waals surface area contributed by atoms with E-state index in [1.165, 1.54) is 11.2 Å². The van der Waals surface area contributed by atoms with Gasteiger partial charge in [0.05, 0.1) is 29.5 Å². The maximum atomic E-state index is 13.8. The van der Waals surface area contributed by atoms with E-state index < -0.39 is 38.1 Å². The number of hydrogen-bond acceptors (Lipinski definition) is 7. The molecule has 3 rings (SSSR count). The van der Waals surface area contributed by atoms with Crippen molar-refractivity contribution in [2.24, 2.45) is 5.73 Å². The molecule has 33 heavy (non-hydrogen) atoms. The number of hydrazine groups is 1. The van der Waals surface area contributed by atoms with E-state index >= 15 is 0 Å². The summed E-state index contributed by atoms with van der Waals surface area (Å²) in [7, 11) is -1.06. The number of hydrogen-bond donors (Lipinski definition) is 3. The molecule has 1 aliphatic rings. The molecule has 1 aliphatic heterocycles. The Morgan fingerprint density at radius 2 is 1.94 bits per heavy atom. The monoisotopic (exact) mass is 488 g/mol. The van der Waals surface area contributed by atoms with Crippen molar-refractivity contribution < 1.29 is 36.7 Å². The lowest BCUT2D eigenvalue weighted by molar-refractivity contribution is -0.137. The van der Waals surface area contributed by atoms with Crippen LogP contribution in [0.3, 0.4) is 0 Å². The van der Waals surface area contributed by atoms with Gasteiger partial charge in [0.25, 0.3) is 0 Å². The fraction of sp³-hybridized carbons (Fsp3) is 0.300. The van der Waals surface area contributed by atoms with Crippen LogP contribution in [0, 0.1) is 5.82 Å². The van der Waals surface area contributed by atoms with Crippen LogP contribution in [-0.4, -0.2) is 45.4 Å². The van der Waals surface area contributed by atoms with Crippen molar-refractivity contribution in [1.82, 2.24) is 9.99 Å². The van der Waals surface area contributed by atoms with E-state index in [9.17, 15) is 22.4 Å². The Labute approximate surface area is 187 Å². The Kier molecular flexibility index (Phi) is 7.35. The fourth-order valence-electron chi connectivity index (χ4n) is 3.65. The van der Waals surface area contributed by atoms with Gasteiger partial charge in [-0.1, -0.05) is 0 Å². The molecule has 0 bridgehead atoms. The van der Waals surface area contributed by atoms with E-state index in [0.29, 0.717) is 11.6 Å². The smallest absolute Gasteiger partial charge is 0.366 e. The molecule has 1 aromatic carbocycles. The van der Waals surface area contributed by atoms with Crippen LogP contribution in [0.2, 0.25) is 0 Å². The van der Waals surface area contributed by atoms with Gasteiger partial charge in [-0.2, -0.15) is 13.2 Å². The SMILES string of the molecule is CC1C(C(N)=O)=C(COP(O)O)N(c2cc(Cc3cc(F)cc(C(F)(F)F)c3)ccn2)N1C. The first-order valence-electron chi connectivity index (χ1n) is 9.56. The lowest BCUT2D eigenvalue weighted by Gasteiger charge is -2.30. The van der Waals surface area contributed by atoms with E-state index in [4.69, 9.17) is 20.0 Å². The third-order valence-electron chi connectivity index (χ3n) is 5.16. The van der Waals surface area contributed by atoms with Crippen LogP contribution in [-0.2, 0) is 21.9 Å². The summed E-state index contributed by atoms with van der Waals surface area (Å²) in [6, 6.07) is 4.97. The highest BCUT2D eigenvalue weighted by molar-refractivity contribution is 7.39. The van der Waals surface area contributed by atoms with E-state index in [-0.39, 0.29) is 35.7 Å². The van der Waals surface area contributed by atoms with Crippen molar-refractivity contribution in [1.29, 1.82) is 0 Å². The number of pyridine rings is 1. The molecule has 0 saturated heterocycles. The minimum absolute atomic E-state index is 0.0136. The average molecular weight is 488 g/mol. The number of likely N-dealkylation sites (N-methyl/N-ethyl adjacent to an activating group) is 1. The van der Waals surface area contributed by atoms with Crippen LogP contribution >= 0.6 is 8.60 Å². The maximum absolute atomic E-state index is 13.8. The summed E-state index contributed by atoms with van der Waals surface area (Å²) in [4.78, 5) is 34.6. The lowest BCUT2D eigenvalue weighted by atomic mass is 10.0. The zero-order valence-electron chi connectivity index (χ0n) is 17.5. The molecule has 0 spiro atoms. The molecule has 178 valence electrons. The zero-order valence-corrected chi connectivity index (χ0v) is 18.4. The van der Waals surface area contributed by atoms with Crippen LogP contribution in [0.25, 0.3) is 0 Å². The number of benzene rings is 1. The Bertz CT molecular complexity index is 1080. The van der Waals surface area contributed by atoms with E-state index in [2.05, 4.69) is 4.98 Å². The van der Waals surface area contributed by atoms with Gasteiger partial charge >= 0.3 is 14.8 Å². The third kappa shape index (κ3) is 5.66. The first kappa shape index (κ1) is 25.0. The van der Waals surface area contributed by atoms with Gasteiger partial charge in [0.15, 0.2) is 0 Å². The summed E-state index contributed by atoms with van der Waals surface area (Å²) in [5, 5.41) is 3.13. The highest BCUT2D eigenvalue weighted by Gasteiger charge is 2.38. The van der Waals surface area contributed by atoms with Gasteiger partial charge in [-0.25, -0.2) is 14.4 Å². The zero-order chi connectivity index (χ0) is 24.5. The number of carbonyl (C=O) groups excluding carboxylic acids is 1. The van der Waals surface area contributed by atoms with Crippen molar-refractivity contribution in [2.75, 3.05) is 18.7 Å². The van der Waals surface area contributed by atoms with Gasteiger partial charge in [-0.3, -0.25) is 9.80 Å². The molecule has 1 aromatic heterocycles. The van der Waals surface area contributed by atoms with Crippen molar-refractivity contribution in [2.45, 2.75) is 25.6 Å². The maximum Gasteiger partial charge on any atom is 0.416 e. The number of rotatable bonds is 7. The van der Waals surface area contributed by atoms with Gasteiger partial charge in [0.2, 0.25) is 5.91 Å². The minimum Gasteiger partial charge on any atom is -0.366 e. The summed E-state index contributed by atoms with van der Waals surface area (Å²) in [6.45, 7) is 1.35. The second kappa shape index (κ2) is 9.70. The second-order valence-corrected chi connectivity index (χ2v) is 8.12. The van der Waals surface area contributed by atoms with Crippen molar-refractivity contribution in [3.05, 3.63) is 70.3 Å². The molecule has 2 aromatic rings. The molecular weight excluding hydrogens is 467 g/mol. The van der Waals surface area contributed by atoms with E-state index in [0.717, 1.165) is 12.1 Å². The highest BCUT2D eigenvalue weighted by atomic mass is 31.2. The van der Waals surface area contributed by atoms with Crippen LogP contribution in [0.5, 0.6) is 0 Å². The van der Waals surface area contributed by atoms with Crippen molar-refractivity contribution >= 4 is 20.3 Å². The Hall–Kier alpha value is -2.63. The molecule has 8 nitrogen and oxygen atoms in total. The van der Waals surface area contributed by atoms with Crippen LogP contribution in [0.1, 0.15) is 23.6 Å². The van der Waals surface area contributed by atoms with Crippen molar-refractivity contribution in [3.63, 3.8) is 0 Å². The van der Waals surface area contributed by atoms with E-state index in [1.807, 2.05) is 0 Å². The Morgan fingerprint density at radius 1 is 1.24 bits per heavy atom. The van der Waals surface area contributed by atoms with Crippen LogP contribution in [0.4, 0.5) is 23.4 Å². The van der Waals surface area contributed by atoms with Crippen LogP contribution in [0.15, 0.2) is 47.8 Å². The number of aromatic nitrogens is 1. The third-order valence-corrected chi connectivity index (χ3v) is 5.52. The molecule has 0 aliphatic carbocycles. The number of nitrogens with zero attached hydrogens (tertiary/aromatic N) is 3. The molecule has 0 radical (unpaired) electrons. The summed E-state index contributed by atoms with van der Waals surface area (Å²) in [6.07, 6.45) is -3.28. The largest absolute Gasteiger partial charge is 0.416 e. The Balaban J connectivity index is 1.97. The quantitative estimate of drug-likeness (QED) is 0.406. The number of primary amides is 1. The molecular formula is C20H21F4N4O4P. The number of alkyl halides is 3.